The van der Waals surface area contributed by atoms with Crippen molar-refractivity contribution in [1.29, 1.82) is 0 Å². The third-order valence-corrected chi connectivity index (χ3v) is 4.58. The second-order valence-corrected chi connectivity index (χ2v) is 8.16. The van der Waals surface area contributed by atoms with Crippen LogP contribution in [0.1, 0.15) is 65.9 Å². The van der Waals surface area contributed by atoms with Crippen LogP contribution in [0.25, 0.3) is 0 Å². The van der Waals surface area contributed by atoms with Crippen molar-refractivity contribution >= 4 is 15.9 Å². The molecule has 0 amide bonds. The zero-order valence-corrected chi connectivity index (χ0v) is 15.9. The smallest absolute Gasteiger partial charge is 0.0410 e. The third-order valence-electron chi connectivity index (χ3n) is 4.15. The van der Waals surface area contributed by atoms with Crippen LogP contribution in [0.2, 0.25) is 0 Å². The predicted octanol–water partition coefficient (Wildman–Crippen LogP) is 5.36. The van der Waals surface area contributed by atoms with Gasteiger partial charge in [0.15, 0.2) is 0 Å². The van der Waals surface area contributed by atoms with Crippen LogP contribution in [-0.2, 0) is 6.42 Å². The fourth-order valence-corrected chi connectivity index (χ4v) is 3.07. The highest BCUT2D eigenvalue weighted by molar-refractivity contribution is 9.10. The van der Waals surface area contributed by atoms with Gasteiger partial charge >= 0.3 is 0 Å². The van der Waals surface area contributed by atoms with Gasteiger partial charge < -0.3 is 5.32 Å². The minimum Gasteiger partial charge on any atom is -0.312 e. The highest BCUT2D eigenvalue weighted by Crippen LogP contribution is 2.33. The topological polar surface area (TPSA) is 24.9 Å². The van der Waals surface area contributed by atoms with Gasteiger partial charge in [0.1, 0.15) is 0 Å². The first kappa shape index (κ1) is 18.6. The number of aromatic nitrogens is 1. The summed E-state index contributed by atoms with van der Waals surface area (Å²) in [6.07, 6.45) is 9.99. The monoisotopic (exact) mass is 354 g/mol. The number of nitrogens with one attached hydrogen (secondary N) is 1. The highest BCUT2D eigenvalue weighted by Gasteiger charge is 2.29. The van der Waals surface area contributed by atoms with Gasteiger partial charge in [-0.2, -0.15) is 0 Å². The number of halogens is 1. The minimum atomic E-state index is 0.169. The lowest BCUT2D eigenvalue weighted by atomic mass is 9.75. The van der Waals surface area contributed by atoms with E-state index in [1.165, 1.54) is 31.2 Å². The van der Waals surface area contributed by atoms with Crippen molar-refractivity contribution in [3.05, 3.63) is 28.5 Å². The van der Waals surface area contributed by atoms with Crippen molar-refractivity contribution < 1.29 is 0 Å². The average Bonchev–Trinajstić information content (AvgIpc) is 2.41. The molecule has 0 aliphatic carbocycles. The summed E-state index contributed by atoms with van der Waals surface area (Å²) in [5.74, 6) is 0. The Balaban J connectivity index is 2.88. The Bertz CT molecular complexity index is 425. The Morgan fingerprint density at radius 1 is 1.19 bits per heavy atom. The van der Waals surface area contributed by atoms with E-state index < -0.39 is 0 Å². The molecule has 21 heavy (non-hydrogen) atoms. The molecular formula is C18H31BrN2. The van der Waals surface area contributed by atoms with E-state index in [1.54, 1.807) is 0 Å². The summed E-state index contributed by atoms with van der Waals surface area (Å²) in [4.78, 5) is 4.32. The van der Waals surface area contributed by atoms with Gasteiger partial charge in [-0.1, -0.05) is 26.7 Å². The van der Waals surface area contributed by atoms with E-state index in [-0.39, 0.29) is 5.54 Å². The fraction of sp³-hybridized carbons (Fsp3) is 0.722. The SMILES string of the molecule is CCCCC(CC)(CNC(C)(C)C)Cc1cncc(Br)c1. The van der Waals surface area contributed by atoms with Crippen LogP contribution in [0, 0.1) is 5.41 Å². The standard InChI is InChI=1S/C18H31BrN2/c1-6-8-9-18(7-2,14-21-17(3,4)5)11-15-10-16(19)13-20-12-15/h10,12-13,21H,6-9,11,14H2,1-5H3. The molecule has 120 valence electrons. The van der Waals surface area contributed by atoms with Crippen LogP contribution in [-0.4, -0.2) is 17.1 Å². The fourth-order valence-electron chi connectivity index (χ4n) is 2.66. The van der Waals surface area contributed by atoms with Gasteiger partial charge in [-0.05, 0) is 73.0 Å². The summed E-state index contributed by atoms with van der Waals surface area (Å²) >= 11 is 3.54. The van der Waals surface area contributed by atoms with E-state index in [4.69, 9.17) is 0 Å². The van der Waals surface area contributed by atoms with E-state index in [2.05, 4.69) is 66.9 Å². The Morgan fingerprint density at radius 2 is 1.90 bits per heavy atom. The molecule has 0 aromatic carbocycles. The normalized spacial score (nSPS) is 15.0. The molecule has 0 saturated carbocycles. The Kier molecular flexibility index (Phi) is 7.35. The molecule has 1 unspecified atom stereocenters. The quantitative estimate of drug-likeness (QED) is 0.679. The number of unbranched alkanes of at least 4 members (excludes halogenated alkanes) is 1. The molecule has 0 aliphatic rings. The molecule has 0 saturated heterocycles. The van der Waals surface area contributed by atoms with Gasteiger partial charge in [0, 0.05) is 29.0 Å². The van der Waals surface area contributed by atoms with Crippen molar-refractivity contribution in [2.45, 2.75) is 72.3 Å². The molecule has 1 N–H and O–H groups in total. The first-order valence-corrected chi connectivity index (χ1v) is 8.94. The lowest BCUT2D eigenvalue weighted by Gasteiger charge is -2.36. The Morgan fingerprint density at radius 3 is 2.43 bits per heavy atom. The number of hydrogen-bond acceptors (Lipinski definition) is 2. The number of nitrogens with zero attached hydrogens (tertiary/aromatic N) is 1. The predicted molar refractivity (Wildman–Crippen MR) is 95.6 cm³/mol. The molecule has 1 rings (SSSR count). The summed E-state index contributed by atoms with van der Waals surface area (Å²) in [6.45, 7) is 12.4. The Labute approximate surface area is 139 Å². The van der Waals surface area contributed by atoms with Gasteiger partial charge in [0.2, 0.25) is 0 Å². The maximum atomic E-state index is 4.32. The zero-order chi connectivity index (χ0) is 15.9. The van der Waals surface area contributed by atoms with Crippen molar-refractivity contribution in [3.8, 4) is 0 Å². The van der Waals surface area contributed by atoms with Gasteiger partial charge in [-0.15, -0.1) is 0 Å². The summed E-state index contributed by atoms with van der Waals surface area (Å²) in [5, 5.41) is 3.73. The second kappa shape index (κ2) is 8.28. The molecule has 3 heteroatoms. The molecule has 2 nitrogen and oxygen atoms in total. The maximum Gasteiger partial charge on any atom is 0.0410 e. The van der Waals surface area contributed by atoms with E-state index in [0.717, 1.165) is 17.4 Å². The van der Waals surface area contributed by atoms with E-state index in [1.807, 2.05) is 12.4 Å². The molecule has 0 radical (unpaired) electrons. The zero-order valence-electron chi connectivity index (χ0n) is 14.3. The van der Waals surface area contributed by atoms with Crippen molar-refractivity contribution in [2.24, 2.45) is 5.41 Å². The number of rotatable bonds is 8. The van der Waals surface area contributed by atoms with E-state index in [9.17, 15) is 0 Å². The second-order valence-electron chi connectivity index (χ2n) is 7.25. The first-order valence-electron chi connectivity index (χ1n) is 8.15. The molecule has 0 bridgehead atoms. The highest BCUT2D eigenvalue weighted by atomic mass is 79.9. The molecule has 1 atom stereocenters. The lowest BCUT2D eigenvalue weighted by Crippen LogP contribution is -2.44. The number of pyridine rings is 1. The molecular weight excluding hydrogens is 324 g/mol. The van der Waals surface area contributed by atoms with Gasteiger partial charge in [-0.3, -0.25) is 4.98 Å². The van der Waals surface area contributed by atoms with Crippen molar-refractivity contribution in [1.82, 2.24) is 10.3 Å². The molecule has 1 aromatic heterocycles. The molecule has 1 aromatic rings. The summed E-state index contributed by atoms with van der Waals surface area (Å²) < 4.78 is 1.07. The van der Waals surface area contributed by atoms with E-state index >= 15 is 0 Å². The van der Waals surface area contributed by atoms with Crippen LogP contribution in [0.5, 0.6) is 0 Å². The first-order chi connectivity index (χ1) is 9.80. The largest absolute Gasteiger partial charge is 0.312 e. The average molecular weight is 355 g/mol. The molecule has 0 fully saturated rings. The van der Waals surface area contributed by atoms with Crippen LogP contribution in [0.3, 0.4) is 0 Å². The minimum absolute atomic E-state index is 0.169. The van der Waals surface area contributed by atoms with Crippen molar-refractivity contribution in [3.63, 3.8) is 0 Å². The lowest BCUT2D eigenvalue weighted by molar-refractivity contribution is 0.206. The van der Waals surface area contributed by atoms with Gasteiger partial charge in [-0.25, -0.2) is 0 Å². The summed E-state index contributed by atoms with van der Waals surface area (Å²) in [5.41, 5.74) is 1.83. The summed E-state index contributed by atoms with van der Waals surface area (Å²) in [6, 6.07) is 2.21. The van der Waals surface area contributed by atoms with Crippen LogP contribution >= 0.6 is 15.9 Å². The Hall–Kier alpha value is -0.410. The van der Waals surface area contributed by atoms with Crippen LogP contribution < -0.4 is 5.32 Å². The molecule has 0 spiro atoms. The van der Waals surface area contributed by atoms with Gasteiger partial charge in [0.25, 0.3) is 0 Å². The number of hydrogen-bond donors (Lipinski definition) is 1. The molecule has 1 heterocycles. The maximum absolute atomic E-state index is 4.32. The molecule has 0 aliphatic heterocycles. The van der Waals surface area contributed by atoms with E-state index in [0.29, 0.717) is 5.41 Å². The van der Waals surface area contributed by atoms with Gasteiger partial charge in [0.05, 0.1) is 0 Å². The van der Waals surface area contributed by atoms with Crippen molar-refractivity contribution in [2.75, 3.05) is 6.54 Å². The summed E-state index contributed by atoms with van der Waals surface area (Å²) in [7, 11) is 0. The van der Waals surface area contributed by atoms with Crippen LogP contribution in [0.15, 0.2) is 22.9 Å². The van der Waals surface area contributed by atoms with Crippen LogP contribution in [0.4, 0.5) is 0 Å². The third kappa shape index (κ3) is 6.92.